The third-order valence-electron chi connectivity index (χ3n) is 3.15. The molecule has 0 aliphatic carbocycles. The number of aromatic carboxylic acids is 1. The summed E-state index contributed by atoms with van der Waals surface area (Å²) < 4.78 is 0. The predicted octanol–water partition coefficient (Wildman–Crippen LogP) is 3.55. The van der Waals surface area contributed by atoms with E-state index in [4.69, 9.17) is 9.94 Å². The van der Waals surface area contributed by atoms with Crippen molar-refractivity contribution in [2.75, 3.05) is 0 Å². The van der Waals surface area contributed by atoms with E-state index in [-0.39, 0.29) is 17.2 Å². The van der Waals surface area contributed by atoms with Crippen molar-refractivity contribution in [1.82, 2.24) is 5.48 Å². The SMILES string of the molecule is CCCCCCCCC(=O)NOc1ccccc1C(=O)O. The lowest BCUT2D eigenvalue weighted by Gasteiger charge is -2.09. The van der Waals surface area contributed by atoms with Gasteiger partial charge in [-0.2, -0.15) is 5.48 Å². The van der Waals surface area contributed by atoms with Gasteiger partial charge in [0.15, 0.2) is 5.75 Å². The lowest BCUT2D eigenvalue weighted by molar-refractivity contribution is -0.127. The zero-order valence-electron chi connectivity index (χ0n) is 12.4. The lowest BCUT2D eigenvalue weighted by Crippen LogP contribution is -2.27. The summed E-state index contributed by atoms with van der Waals surface area (Å²) in [5.41, 5.74) is 2.32. The molecule has 0 radical (unpaired) electrons. The summed E-state index contributed by atoms with van der Waals surface area (Å²) in [5.74, 6) is -1.18. The molecule has 116 valence electrons. The first-order valence-corrected chi connectivity index (χ1v) is 7.43. The fourth-order valence-corrected chi connectivity index (χ4v) is 1.96. The van der Waals surface area contributed by atoms with Gasteiger partial charge in [-0.05, 0) is 18.6 Å². The van der Waals surface area contributed by atoms with Crippen LogP contribution in [0, 0.1) is 0 Å². The van der Waals surface area contributed by atoms with Crippen molar-refractivity contribution >= 4 is 11.9 Å². The monoisotopic (exact) mass is 293 g/mol. The Morgan fingerprint density at radius 2 is 1.76 bits per heavy atom. The van der Waals surface area contributed by atoms with Crippen molar-refractivity contribution in [3.63, 3.8) is 0 Å². The highest BCUT2D eigenvalue weighted by Gasteiger charge is 2.11. The van der Waals surface area contributed by atoms with Crippen molar-refractivity contribution in [2.45, 2.75) is 51.9 Å². The number of hydroxylamine groups is 1. The first kappa shape index (κ1) is 17.0. The van der Waals surface area contributed by atoms with Gasteiger partial charge in [0.25, 0.3) is 5.91 Å². The first-order valence-electron chi connectivity index (χ1n) is 7.43. The van der Waals surface area contributed by atoms with Gasteiger partial charge in [0.05, 0.1) is 0 Å². The quantitative estimate of drug-likeness (QED) is 0.511. The first-order chi connectivity index (χ1) is 10.1. The maximum absolute atomic E-state index is 11.6. The van der Waals surface area contributed by atoms with E-state index >= 15 is 0 Å². The number of carboxylic acids is 1. The van der Waals surface area contributed by atoms with Crippen molar-refractivity contribution in [3.05, 3.63) is 29.8 Å². The van der Waals surface area contributed by atoms with E-state index in [9.17, 15) is 9.59 Å². The van der Waals surface area contributed by atoms with Crippen LogP contribution < -0.4 is 10.3 Å². The Hall–Kier alpha value is -2.04. The van der Waals surface area contributed by atoms with Crippen molar-refractivity contribution in [1.29, 1.82) is 0 Å². The Morgan fingerprint density at radius 3 is 2.48 bits per heavy atom. The van der Waals surface area contributed by atoms with Crippen LogP contribution in [0.1, 0.15) is 62.2 Å². The van der Waals surface area contributed by atoms with Gasteiger partial charge < -0.3 is 9.94 Å². The van der Waals surface area contributed by atoms with Crippen LogP contribution in [0.25, 0.3) is 0 Å². The molecule has 0 aliphatic heterocycles. The Bertz CT molecular complexity index is 459. The molecular formula is C16H23NO4. The minimum Gasteiger partial charge on any atom is -0.478 e. The normalized spacial score (nSPS) is 10.1. The number of carbonyl (C=O) groups excluding carboxylic acids is 1. The van der Waals surface area contributed by atoms with Crippen LogP contribution in [0.5, 0.6) is 5.75 Å². The minimum absolute atomic E-state index is 0.0253. The molecule has 1 amide bonds. The molecule has 1 aromatic carbocycles. The van der Waals surface area contributed by atoms with Crippen molar-refractivity contribution in [3.8, 4) is 5.75 Å². The number of para-hydroxylation sites is 1. The second kappa shape index (κ2) is 9.80. The Labute approximate surface area is 125 Å². The van der Waals surface area contributed by atoms with E-state index in [1.54, 1.807) is 12.1 Å². The highest BCUT2D eigenvalue weighted by molar-refractivity contribution is 5.90. The maximum Gasteiger partial charge on any atom is 0.339 e. The second-order valence-electron chi connectivity index (χ2n) is 4.95. The molecule has 2 N–H and O–H groups in total. The van der Waals surface area contributed by atoms with E-state index in [0.717, 1.165) is 19.3 Å². The molecular weight excluding hydrogens is 270 g/mol. The van der Waals surface area contributed by atoms with Gasteiger partial charge >= 0.3 is 5.97 Å². The Balaban J connectivity index is 2.26. The molecule has 0 aromatic heterocycles. The Morgan fingerprint density at radius 1 is 1.10 bits per heavy atom. The molecule has 0 heterocycles. The molecule has 1 rings (SSSR count). The smallest absolute Gasteiger partial charge is 0.339 e. The zero-order valence-corrected chi connectivity index (χ0v) is 12.4. The average Bonchev–Trinajstić information content (AvgIpc) is 2.49. The number of rotatable bonds is 10. The fourth-order valence-electron chi connectivity index (χ4n) is 1.96. The average molecular weight is 293 g/mol. The highest BCUT2D eigenvalue weighted by atomic mass is 16.7. The van der Waals surface area contributed by atoms with E-state index in [0.29, 0.717) is 6.42 Å². The van der Waals surface area contributed by atoms with Gasteiger partial charge in [-0.1, -0.05) is 51.2 Å². The fraction of sp³-hybridized carbons (Fsp3) is 0.500. The summed E-state index contributed by atoms with van der Waals surface area (Å²) >= 11 is 0. The molecule has 0 unspecified atom stereocenters. The standard InChI is InChI=1S/C16H23NO4/c1-2-3-4-5-6-7-12-15(18)17-21-14-11-9-8-10-13(14)16(19)20/h8-11H,2-7,12H2,1H3,(H,17,18)(H,19,20). The number of hydrogen-bond donors (Lipinski definition) is 2. The number of carbonyl (C=O) groups is 2. The number of carboxylic acid groups (broad SMARTS) is 1. The van der Waals surface area contributed by atoms with Crippen LogP contribution >= 0.6 is 0 Å². The summed E-state index contributed by atoms with van der Waals surface area (Å²) in [6.45, 7) is 2.17. The molecule has 5 nitrogen and oxygen atoms in total. The minimum atomic E-state index is -1.09. The van der Waals surface area contributed by atoms with Crippen LogP contribution in [-0.2, 0) is 4.79 Å². The zero-order chi connectivity index (χ0) is 15.5. The predicted molar refractivity (Wildman–Crippen MR) is 80.2 cm³/mol. The molecule has 0 fully saturated rings. The van der Waals surface area contributed by atoms with Crippen LogP contribution in [0.15, 0.2) is 24.3 Å². The van der Waals surface area contributed by atoms with Gasteiger partial charge in [-0.3, -0.25) is 4.79 Å². The molecule has 5 heteroatoms. The summed E-state index contributed by atoms with van der Waals surface area (Å²) in [6, 6.07) is 6.20. The van der Waals surface area contributed by atoms with Crippen LogP contribution in [-0.4, -0.2) is 17.0 Å². The summed E-state index contributed by atoms with van der Waals surface area (Å²) in [7, 11) is 0. The maximum atomic E-state index is 11.6. The topological polar surface area (TPSA) is 75.6 Å². The van der Waals surface area contributed by atoms with Gasteiger partial charge in [0.1, 0.15) is 5.56 Å². The number of unbranched alkanes of at least 4 members (excludes halogenated alkanes) is 5. The molecule has 0 saturated carbocycles. The van der Waals surface area contributed by atoms with Gasteiger partial charge in [0, 0.05) is 6.42 Å². The summed E-state index contributed by atoms with van der Waals surface area (Å²) in [5, 5.41) is 8.98. The van der Waals surface area contributed by atoms with Gasteiger partial charge in [-0.25, -0.2) is 4.79 Å². The van der Waals surface area contributed by atoms with Crippen LogP contribution in [0.3, 0.4) is 0 Å². The van der Waals surface area contributed by atoms with Crippen LogP contribution in [0.2, 0.25) is 0 Å². The second-order valence-corrected chi connectivity index (χ2v) is 4.95. The molecule has 0 bridgehead atoms. The van der Waals surface area contributed by atoms with Crippen molar-refractivity contribution in [2.24, 2.45) is 0 Å². The van der Waals surface area contributed by atoms with E-state index in [1.807, 2.05) is 0 Å². The number of benzene rings is 1. The van der Waals surface area contributed by atoms with Crippen molar-refractivity contribution < 1.29 is 19.5 Å². The molecule has 0 aliphatic rings. The molecule has 0 saturated heterocycles. The lowest BCUT2D eigenvalue weighted by atomic mass is 10.1. The molecule has 1 aromatic rings. The molecule has 0 atom stereocenters. The Kier molecular flexibility index (Phi) is 7.94. The summed E-state index contributed by atoms with van der Waals surface area (Å²) in [6.07, 6.45) is 7.03. The third kappa shape index (κ3) is 6.79. The third-order valence-corrected chi connectivity index (χ3v) is 3.15. The number of hydrogen-bond acceptors (Lipinski definition) is 3. The number of amides is 1. The van der Waals surface area contributed by atoms with Gasteiger partial charge in [-0.15, -0.1) is 0 Å². The van der Waals surface area contributed by atoms with Crippen LogP contribution in [0.4, 0.5) is 0 Å². The van der Waals surface area contributed by atoms with E-state index in [2.05, 4.69) is 12.4 Å². The summed E-state index contributed by atoms with van der Waals surface area (Å²) in [4.78, 5) is 27.6. The van der Waals surface area contributed by atoms with Gasteiger partial charge in [0.2, 0.25) is 0 Å². The molecule has 0 spiro atoms. The van der Waals surface area contributed by atoms with E-state index < -0.39 is 5.97 Å². The largest absolute Gasteiger partial charge is 0.478 e. The van der Waals surface area contributed by atoms with E-state index in [1.165, 1.54) is 31.4 Å². The highest BCUT2D eigenvalue weighted by Crippen LogP contribution is 2.16. The molecule has 21 heavy (non-hydrogen) atoms. The number of nitrogens with one attached hydrogen (secondary N) is 1.